The van der Waals surface area contributed by atoms with Gasteiger partial charge in [-0.2, -0.15) is 0 Å². The Bertz CT molecular complexity index is 13.5. The number of hydrogen-bond acceptors (Lipinski definition) is 1. The zero-order chi connectivity index (χ0) is 5.41. The molecule has 0 bridgehead atoms. The molecule has 2 nitrogen and oxygen atoms in total. The Balaban J connectivity index is 0. The van der Waals surface area contributed by atoms with Gasteiger partial charge >= 0.3 is 25.0 Å². The minimum Gasteiger partial charge on any atom is -0.676 e. The quantitative estimate of drug-likeness (QED) is 0.592. The summed E-state index contributed by atoms with van der Waals surface area (Å²) in [5.74, 6) is 0. The first-order chi connectivity index (χ1) is 2.91. The fourth-order valence-corrected chi connectivity index (χ4v) is 0. The Labute approximate surface area is 50.1 Å². The van der Waals surface area contributed by atoms with Gasteiger partial charge in [-0.05, 0) is 6.54 Å². The zero-order valence-electron chi connectivity index (χ0n) is 3.20. The predicted octanol–water partition coefficient (Wildman–Crippen LogP) is 0.684. The number of halogens is 1. The molecule has 0 aromatic carbocycles. The average molecular weight is 153 g/mol. The van der Waals surface area contributed by atoms with Crippen LogP contribution >= 0.6 is 10.1 Å². The van der Waals surface area contributed by atoms with Crippen LogP contribution in [0.5, 0.6) is 0 Å². The van der Waals surface area contributed by atoms with Gasteiger partial charge in [0.2, 0.25) is 0 Å². The Kier molecular flexibility index (Phi) is 28.3. The van der Waals surface area contributed by atoms with Crippen LogP contribution in [0.3, 0.4) is 0 Å². The molecule has 0 aliphatic carbocycles. The third kappa shape index (κ3) is 22.1. The molecule has 0 heterocycles. The maximum atomic E-state index is 6.33. The number of rotatable bonds is 1. The first kappa shape index (κ1) is 9.87. The van der Waals surface area contributed by atoms with Crippen molar-refractivity contribution in [2.24, 2.45) is 5.73 Å². The maximum absolute atomic E-state index is 6.33. The van der Waals surface area contributed by atoms with E-state index >= 15 is 0 Å². The molecule has 4 heteroatoms. The third-order valence-electron chi connectivity index (χ3n) is 0.144. The molecule has 0 rings (SSSR count). The van der Waals surface area contributed by atoms with Gasteiger partial charge in [-0.1, -0.05) is 0 Å². The van der Waals surface area contributed by atoms with Gasteiger partial charge in [-0.15, -0.1) is 6.54 Å². The van der Waals surface area contributed by atoms with Crippen molar-refractivity contribution in [3.63, 3.8) is 0 Å². The van der Waals surface area contributed by atoms with Crippen LogP contribution in [0.1, 0.15) is 0 Å². The van der Waals surface area contributed by atoms with E-state index < -0.39 is 0 Å². The van der Waals surface area contributed by atoms with Gasteiger partial charge in [0.15, 0.2) is 0 Å². The van der Waals surface area contributed by atoms with Crippen LogP contribution in [-0.4, -0.2) is 13.1 Å². The predicted molar refractivity (Wildman–Crippen MR) is 24.1 cm³/mol. The topological polar surface area (TPSA) is 49.8 Å². The molecule has 0 amide bonds. The summed E-state index contributed by atoms with van der Waals surface area (Å²) in [5, 5.41) is 0. The van der Waals surface area contributed by atoms with E-state index in [2.05, 4.69) is 25.0 Å². The van der Waals surface area contributed by atoms with Gasteiger partial charge in [-0.25, -0.2) is 0 Å². The van der Waals surface area contributed by atoms with E-state index in [9.17, 15) is 0 Å². The van der Waals surface area contributed by atoms with E-state index in [1.54, 1.807) is 0 Å². The molecule has 6 heavy (non-hydrogen) atoms. The molecular formula is C2H7ClCoN2. The maximum Gasteiger partial charge on any atom is -0.0268 e. The van der Waals surface area contributed by atoms with Gasteiger partial charge in [-0.3, -0.25) is 0 Å². The van der Waals surface area contributed by atoms with Crippen molar-refractivity contribution in [1.82, 2.24) is 0 Å². The second-order valence-electron chi connectivity index (χ2n) is 0.539. The molecule has 0 unspecified atom stereocenters. The van der Waals surface area contributed by atoms with Crippen molar-refractivity contribution >= 4 is 10.1 Å². The fourth-order valence-electron chi connectivity index (χ4n) is 0. The van der Waals surface area contributed by atoms with Gasteiger partial charge < -0.3 is 11.5 Å². The molecule has 0 saturated heterocycles. The van der Waals surface area contributed by atoms with Crippen molar-refractivity contribution < 1.29 is 14.8 Å². The SMILES string of the molecule is [Cl][Co+].[NH-]CCN. The van der Waals surface area contributed by atoms with Crippen LogP contribution in [0.4, 0.5) is 0 Å². The molecule has 0 aliphatic heterocycles. The van der Waals surface area contributed by atoms with Crippen LogP contribution in [0.25, 0.3) is 5.73 Å². The van der Waals surface area contributed by atoms with E-state index in [4.69, 9.17) is 11.5 Å². The van der Waals surface area contributed by atoms with E-state index in [-0.39, 0.29) is 0 Å². The summed E-state index contributed by atoms with van der Waals surface area (Å²) in [4.78, 5) is 0. The normalized spacial score (nSPS) is 6.00. The van der Waals surface area contributed by atoms with E-state index in [1.807, 2.05) is 0 Å². The monoisotopic (exact) mass is 153 g/mol. The summed E-state index contributed by atoms with van der Waals surface area (Å²) < 4.78 is 0. The second-order valence-corrected chi connectivity index (χ2v) is 0.539. The van der Waals surface area contributed by atoms with Crippen LogP contribution in [0, 0.1) is 0 Å². The number of hydrogen-bond donors (Lipinski definition) is 1. The fraction of sp³-hybridized carbons (Fsp3) is 1.00. The van der Waals surface area contributed by atoms with Crippen LogP contribution in [0.15, 0.2) is 0 Å². The van der Waals surface area contributed by atoms with Gasteiger partial charge in [0.1, 0.15) is 0 Å². The van der Waals surface area contributed by atoms with Crippen molar-refractivity contribution in [3.05, 3.63) is 5.73 Å². The van der Waals surface area contributed by atoms with E-state index in [0.717, 1.165) is 0 Å². The molecular weight excluding hydrogens is 146 g/mol. The minimum atomic E-state index is 0.347. The Hall–Kier alpha value is 0.716. The third-order valence-corrected chi connectivity index (χ3v) is 0.144. The number of nitrogens with two attached hydrogens (primary N) is 1. The van der Waals surface area contributed by atoms with Crippen LogP contribution in [0.2, 0.25) is 0 Å². The van der Waals surface area contributed by atoms with Crippen LogP contribution in [-0.2, 0) is 14.8 Å². The molecule has 0 spiro atoms. The van der Waals surface area contributed by atoms with Gasteiger partial charge in [0.05, 0.1) is 0 Å². The molecule has 0 atom stereocenters. The van der Waals surface area contributed by atoms with E-state index in [1.165, 1.54) is 0 Å². The summed E-state index contributed by atoms with van der Waals surface area (Å²) in [5.41, 5.74) is 11.2. The van der Waals surface area contributed by atoms with Gasteiger partial charge in [0, 0.05) is 0 Å². The molecule has 0 saturated carbocycles. The molecule has 0 aromatic heterocycles. The summed E-state index contributed by atoms with van der Waals surface area (Å²) in [6.45, 7) is 0.833. The summed E-state index contributed by atoms with van der Waals surface area (Å²) in [6.07, 6.45) is 0. The average Bonchev–Trinajstić information content (AvgIpc) is 1.72. The van der Waals surface area contributed by atoms with Crippen molar-refractivity contribution in [3.8, 4) is 0 Å². The second kappa shape index (κ2) is 17.2. The molecule has 0 radical (unpaired) electrons. The largest absolute Gasteiger partial charge is 0.676 e. The Morgan fingerprint density at radius 3 is 1.83 bits per heavy atom. The first-order valence-corrected chi connectivity index (χ1v) is 2.82. The van der Waals surface area contributed by atoms with Crippen LogP contribution < -0.4 is 5.73 Å². The summed E-state index contributed by atoms with van der Waals surface area (Å²) in [7, 11) is 4.33. The zero-order valence-corrected chi connectivity index (χ0v) is 5.00. The standard InChI is InChI=1S/C2H7N2.ClH.Co/c3-1-2-4;;/h3H,1-2,4H2;1H;/q-1;;+2/p-1. The van der Waals surface area contributed by atoms with E-state index in [0.29, 0.717) is 13.1 Å². The van der Waals surface area contributed by atoms with Crippen molar-refractivity contribution in [2.45, 2.75) is 0 Å². The molecule has 0 fully saturated rings. The molecule has 0 aromatic rings. The minimum absolute atomic E-state index is 0.347. The van der Waals surface area contributed by atoms with Gasteiger partial charge in [0.25, 0.3) is 0 Å². The first-order valence-electron chi connectivity index (χ1n) is 1.39. The molecule has 3 N–H and O–H groups in total. The summed E-state index contributed by atoms with van der Waals surface area (Å²) in [6, 6.07) is 0. The van der Waals surface area contributed by atoms with Crippen molar-refractivity contribution in [2.75, 3.05) is 13.1 Å². The Morgan fingerprint density at radius 2 is 1.83 bits per heavy atom. The molecule has 41 valence electrons. The molecule has 0 aliphatic rings. The smallest absolute Gasteiger partial charge is 0.0268 e. The summed E-state index contributed by atoms with van der Waals surface area (Å²) >= 11 is 3.03. The Morgan fingerprint density at radius 1 is 1.67 bits per heavy atom. The number of nitrogens with one attached hydrogen (secondary N) is 1. The van der Waals surface area contributed by atoms with Crippen molar-refractivity contribution in [1.29, 1.82) is 0 Å².